The second-order valence-electron chi connectivity index (χ2n) is 5.28. The van der Waals surface area contributed by atoms with E-state index in [-0.39, 0.29) is 0 Å². The molecule has 0 aliphatic heterocycles. The molecule has 2 rings (SSSR count). The van der Waals surface area contributed by atoms with Crippen molar-refractivity contribution in [2.45, 2.75) is 64.3 Å². The van der Waals surface area contributed by atoms with Gasteiger partial charge in [-0.05, 0) is 26.7 Å². The van der Waals surface area contributed by atoms with Crippen LogP contribution in [0.1, 0.15) is 49.6 Å². The third kappa shape index (κ3) is 3.45. The van der Waals surface area contributed by atoms with E-state index in [1.54, 1.807) is 0 Å². The lowest BCUT2D eigenvalue weighted by atomic mass is 9.94. The van der Waals surface area contributed by atoms with Gasteiger partial charge in [0.2, 0.25) is 0 Å². The van der Waals surface area contributed by atoms with Crippen molar-refractivity contribution in [3.05, 3.63) is 17.0 Å². The fourth-order valence-corrected chi connectivity index (χ4v) is 4.30. The number of aromatic nitrogens is 1. The monoisotopic (exact) mass is 284 g/mol. The third-order valence-electron chi connectivity index (χ3n) is 4.05. The summed E-state index contributed by atoms with van der Waals surface area (Å²) in [6.45, 7) is 6.69. The number of hydrogen-bond acceptors (Lipinski definition) is 4. The molecule has 3 unspecified atom stereocenters. The summed E-state index contributed by atoms with van der Waals surface area (Å²) >= 11 is 0. The highest BCUT2D eigenvalue weighted by molar-refractivity contribution is 7.85. The molecule has 1 aromatic heterocycles. The number of rotatable bonds is 5. The highest BCUT2D eigenvalue weighted by Gasteiger charge is 2.29. The van der Waals surface area contributed by atoms with E-state index in [4.69, 9.17) is 4.52 Å². The summed E-state index contributed by atoms with van der Waals surface area (Å²) in [6.07, 6.45) is 4.65. The maximum Gasteiger partial charge on any atom is 0.138 e. The van der Waals surface area contributed by atoms with Gasteiger partial charge in [-0.25, -0.2) is 0 Å². The van der Waals surface area contributed by atoms with Gasteiger partial charge < -0.3 is 9.84 Å². The van der Waals surface area contributed by atoms with Crippen LogP contribution in [-0.4, -0.2) is 26.4 Å². The summed E-state index contributed by atoms with van der Waals surface area (Å²) < 4.78 is 17.3. The summed E-state index contributed by atoms with van der Waals surface area (Å²) in [5.41, 5.74) is 2.10. The number of hydrogen-bond donors (Lipinski definition) is 1. The molecule has 0 spiro atoms. The van der Waals surface area contributed by atoms with E-state index in [9.17, 15) is 4.21 Å². The van der Waals surface area contributed by atoms with E-state index >= 15 is 0 Å². The molecule has 4 nitrogen and oxygen atoms in total. The van der Waals surface area contributed by atoms with Crippen LogP contribution in [0.4, 0.5) is 0 Å². The van der Waals surface area contributed by atoms with Crippen LogP contribution in [0.25, 0.3) is 0 Å². The summed E-state index contributed by atoms with van der Waals surface area (Å²) in [6, 6.07) is 0.364. The molecule has 1 saturated carbocycles. The zero-order chi connectivity index (χ0) is 13.8. The van der Waals surface area contributed by atoms with Crippen LogP contribution in [0.15, 0.2) is 4.52 Å². The summed E-state index contributed by atoms with van der Waals surface area (Å²) in [4.78, 5) is 0. The minimum absolute atomic E-state index is 0.305. The molecule has 1 aromatic rings. The van der Waals surface area contributed by atoms with Crippen molar-refractivity contribution in [3.8, 4) is 0 Å². The van der Waals surface area contributed by atoms with E-state index in [0.717, 1.165) is 42.2 Å². The second kappa shape index (κ2) is 6.66. The van der Waals surface area contributed by atoms with Gasteiger partial charge >= 0.3 is 0 Å². The maximum atomic E-state index is 12.1. The molecule has 0 radical (unpaired) electrons. The van der Waals surface area contributed by atoms with E-state index < -0.39 is 10.8 Å². The summed E-state index contributed by atoms with van der Waals surface area (Å²) in [7, 11) is -0.704. The van der Waals surface area contributed by atoms with Gasteiger partial charge in [0, 0.05) is 34.7 Å². The van der Waals surface area contributed by atoms with Crippen LogP contribution in [0, 0.1) is 13.8 Å². The minimum Gasteiger partial charge on any atom is -0.361 e. The van der Waals surface area contributed by atoms with Gasteiger partial charge in [0.05, 0.1) is 10.9 Å². The Morgan fingerprint density at radius 3 is 2.74 bits per heavy atom. The Morgan fingerprint density at radius 2 is 2.11 bits per heavy atom. The number of nitrogens with one attached hydrogen (secondary N) is 1. The first-order chi connectivity index (χ1) is 9.13. The van der Waals surface area contributed by atoms with Gasteiger partial charge in [-0.1, -0.05) is 24.9 Å². The Morgan fingerprint density at radius 1 is 1.37 bits per heavy atom. The third-order valence-corrected chi connectivity index (χ3v) is 5.86. The maximum absolute atomic E-state index is 12.1. The topological polar surface area (TPSA) is 55.1 Å². The molecule has 1 aliphatic carbocycles. The molecule has 108 valence electrons. The normalized spacial score (nSPS) is 25.4. The van der Waals surface area contributed by atoms with Crippen LogP contribution >= 0.6 is 0 Å². The first-order valence-electron chi connectivity index (χ1n) is 7.15. The molecule has 1 heterocycles. The van der Waals surface area contributed by atoms with Crippen LogP contribution in [0.2, 0.25) is 0 Å². The molecule has 1 aliphatic rings. The zero-order valence-corrected chi connectivity index (χ0v) is 12.9. The van der Waals surface area contributed by atoms with Gasteiger partial charge in [-0.3, -0.25) is 4.21 Å². The van der Waals surface area contributed by atoms with Crippen molar-refractivity contribution < 1.29 is 8.73 Å². The molecular formula is C14H24N2O2S. The van der Waals surface area contributed by atoms with Gasteiger partial charge in [-0.2, -0.15) is 0 Å². The Hall–Kier alpha value is -0.680. The predicted molar refractivity (Wildman–Crippen MR) is 77.5 cm³/mol. The number of nitrogens with zero attached hydrogens (tertiary/aromatic N) is 1. The lowest BCUT2D eigenvalue weighted by molar-refractivity contribution is 0.373. The quantitative estimate of drug-likeness (QED) is 0.902. The smallest absolute Gasteiger partial charge is 0.138 e. The Kier molecular flexibility index (Phi) is 5.16. The number of aryl methyl sites for hydroxylation is 2. The summed E-state index contributed by atoms with van der Waals surface area (Å²) in [5, 5.41) is 7.86. The van der Waals surface area contributed by atoms with Crippen molar-refractivity contribution in [1.29, 1.82) is 0 Å². The Labute approximate surface area is 117 Å². The molecular weight excluding hydrogens is 260 g/mol. The molecule has 0 saturated heterocycles. The molecule has 3 atom stereocenters. The van der Waals surface area contributed by atoms with Crippen molar-refractivity contribution >= 4 is 10.8 Å². The highest BCUT2D eigenvalue weighted by Crippen LogP contribution is 2.24. The largest absolute Gasteiger partial charge is 0.361 e. The van der Waals surface area contributed by atoms with Crippen molar-refractivity contribution in [2.75, 3.05) is 5.75 Å². The molecule has 1 fully saturated rings. The van der Waals surface area contributed by atoms with Crippen LogP contribution in [-0.2, 0) is 17.3 Å². The Bertz CT molecular complexity index is 425. The van der Waals surface area contributed by atoms with Gasteiger partial charge in [0.1, 0.15) is 5.76 Å². The SMILES string of the molecule is CCS(=O)C1CCCCC1NCc1c(C)noc1C. The zero-order valence-electron chi connectivity index (χ0n) is 12.1. The van der Waals surface area contributed by atoms with E-state index in [1.165, 1.54) is 12.8 Å². The van der Waals surface area contributed by atoms with E-state index in [0.29, 0.717) is 11.3 Å². The first kappa shape index (κ1) is 14.7. The summed E-state index contributed by atoms with van der Waals surface area (Å²) in [5.74, 6) is 1.64. The van der Waals surface area contributed by atoms with Crippen LogP contribution in [0.5, 0.6) is 0 Å². The van der Waals surface area contributed by atoms with Crippen molar-refractivity contribution in [2.24, 2.45) is 0 Å². The minimum atomic E-state index is -0.704. The van der Waals surface area contributed by atoms with Gasteiger partial charge in [0.25, 0.3) is 0 Å². The fourth-order valence-electron chi connectivity index (χ4n) is 2.85. The molecule has 0 amide bonds. The average molecular weight is 284 g/mol. The molecule has 5 heteroatoms. The highest BCUT2D eigenvalue weighted by atomic mass is 32.2. The Balaban J connectivity index is 1.98. The lowest BCUT2D eigenvalue weighted by Gasteiger charge is -2.31. The lowest BCUT2D eigenvalue weighted by Crippen LogP contribution is -2.44. The van der Waals surface area contributed by atoms with Gasteiger partial charge in [0.15, 0.2) is 0 Å². The molecule has 19 heavy (non-hydrogen) atoms. The van der Waals surface area contributed by atoms with Crippen molar-refractivity contribution in [3.63, 3.8) is 0 Å². The molecule has 0 aromatic carbocycles. The van der Waals surface area contributed by atoms with Crippen LogP contribution < -0.4 is 5.32 Å². The second-order valence-corrected chi connectivity index (χ2v) is 7.23. The van der Waals surface area contributed by atoms with E-state index in [2.05, 4.69) is 10.5 Å². The molecule has 0 bridgehead atoms. The van der Waals surface area contributed by atoms with Crippen LogP contribution in [0.3, 0.4) is 0 Å². The fraction of sp³-hybridized carbons (Fsp3) is 0.786. The van der Waals surface area contributed by atoms with E-state index in [1.807, 2.05) is 20.8 Å². The van der Waals surface area contributed by atoms with Gasteiger partial charge in [-0.15, -0.1) is 0 Å². The average Bonchev–Trinajstić information content (AvgIpc) is 2.75. The van der Waals surface area contributed by atoms with Crippen molar-refractivity contribution in [1.82, 2.24) is 10.5 Å². The predicted octanol–water partition coefficient (Wildman–Crippen LogP) is 2.46. The standard InChI is InChI=1S/C14H24N2O2S/c1-4-19(17)14-8-6-5-7-13(14)15-9-12-10(2)16-18-11(12)3/h13-15H,4-9H2,1-3H3. The first-order valence-corrected chi connectivity index (χ1v) is 8.54. The molecule has 1 N–H and O–H groups in total.